The van der Waals surface area contributed by atoms with Crippen LogP contribution < -0.4 is 10.6 Å². The maximum atomic E-state index is 13.6. The molecule has 0 radical (unpaired) electrons. The fraction of sp³-hybridized carbons (Fsp3) is 0.333. The molecule has 1 aliphatic heterocycles. The van der Waals surface area contributed by atoms with Crippen molar-refractivity contribution in [1.29, 1.82) is 0 Å². The highest BCUT2D eigenvalue weighted by molar-refractivity contribution is 5.98. The van der Waals surface area contributed by atoms with Gasteiger partial charge in [-0.1, -0.05) is 32.0 Å². The second kappa shape index (κ2) is 7.28. The number of amides is 2. The Labute approximate surface area is 152 Å². The molecule has 0 atom stereocenters. The van der Waals surface area contributed by atoms with Crippen molar-refractivity contribution in [2.45, 2.75) is 38.5 Å². The second-order valence-electron chi connectivity index (χ2n) is 7.32. The number of nitrogens with one attached hydrogen (secondary N) is 2. The van der Waals surface area contributed by atoms with Gasteiger partial charge in [-0.3, -0.25) is 9.59 Å². The van der Waals surface area contributed by atoms with Crippen molar-refractivity contribution in [2.75, 3.05) is 11.9 Å². The molecule has 3 rings (SSSR count). The Balaban J connectivity index is 1.60. The summed E-state index contributed by atoms with van der Waals surface area (Å²) < 4.78 is 13.6. The average molecular weight is 354 g/mol. The van der Waals surface area contributed by atoms with Gasteiger partial charge in [-0.2, -0.15) is 0 Å². The molecule has 4 nitrogen and oxygen atoms in total. The molecule has 1 aliphatic rings. The number of halogens is 1. The molecule has 0 saturated carbocycles. The molecule has 5 heteroatoms. The molecule has 0 spiro atoms. The molecule has 2 N–H and O–H groups in total. The van der Waals surface area contributed by atoms with Crippen molar-refractivity contribution in [3.63, 3.8) is 0 Å². The van der Waals surface area contributed by atoms with E-state index in [1.54, 1.807) is 24.3 Å². The number of hydrogen-bond donors (Lipinski definition) is 2. The number of aryl methyl sites for hydroxylation is 1. The van der Waals surface area contributed by atoms with Crippen LogP contribution in [0.3, 0.4) is 0 Å². The summed E-state index contributed by atoms with van der Waals surface area (Å²) >= 11 is 0. The number of hydrogen-bond acceptors (Lipinski definition) is 2. The second-order valence-corrected chi connectivity index (χ2v) is 7.32. The van der Waals surface area contributed by atoms with E-state index in [2.05, 4.69) is 10.6 Å². The van der Waals surface area contributed by atoms with E-state index in [-0.39, 0.29) is 23.0 Å². The quantitative estimate of drug-likeness (QED) is 0.802. The van der Waals surface area contributed by atoms with Crippen molar-refractivity contribution in [2.24, 2.45) is 0 Å². The maximum absolute atomic E-state index is 13.6. The van der Waals surface area contributed by atoms with Crippen LogP contribution in [-0.2, 0) is 16.6 Å². The lowest BCUT2D eigenvalue weighted by atomic mass is 9.77. The van der Waals surface area contributed by atoms with Crippen LogP contribution in [0.15, 0.2) is 42.5 Å². The molecule has 136 valence electrons. The molecule has 1 heterocycles. The number of anilines is 1. The first-order valence-electron chi connectivity index (χ1n) is 8.83. The van der Waals surface area contributed by atoms with Gasteiger partial charge >= 0.3 is 0 Å². The molecule has 0 saturated heterocycles. The van der Waals surface area contributed by atoms with E-state index in [4.69, 9.17) is 0 Å². The standard InChI is InChI=1S/C21H23FN2O2/c1-21(2)13-19(25)24-18-10-9-15(12-16(18)21)20(26)23-11-5-7-14-6-3-4-8-17(14)22/h3-4,6,8-10,12H,5,7,11,13H2,1-2H3,(H,23,26)(H,24,25). The highest BCUT2D eigenvalue weighted by Crippen LogP contribution is 2.37. The lowest BCUT2D eigenvalue weighted by Crippen LogP contribution is -2.33. The largest absolute Gasteiger partial charge is 0.352 e. The smallest absolute Gasteiger partial charge is 0.251 e. The Morgan fingerprint density at radius 3 is 2.77 bits per heavy atom. The summed E-state index contributed by atoms with van der Waals surface area (Å²) in [4.78, 5) is 24.2. The third-order valence-corrected chi connectivity index (χ3v) is 4.75. The number of benzene rings is 2. The lowest BCUT2D eigenvalue weighted by molar-refractivity contribution is -0.117. The van der Waals surface area contributed by atoms with Crippen LogP contribution in [0.4, 0.5) is 10.1 Å². The minimum absolute atomic E-state index is 0.00662. The van der Waals surface area contributed by atoms with Gasteiger partial charge in [0.2, 0.25) is 5.91 Å². The van der Waals surface area contributed by atoms with Gasteiger partial charge in [0.15, 0.2) is 0 Å². The van der Waals surface area contributed by atoms with Crippen molar-refractivity contribution in [1.82, 2.24) is 5.32 Å². The Morgan fingerprint density at radius 2 is 2.00 bits per heavy atom. The molecule has 0 fully saturated rings. The summed E-state index contributed by atoms with van der Waals surface area (Å²) in [5.41, 5.74) is 2.66. The van der Waals surface area contributed by atoms with Gasteiger partial charge in [0.05, 0.1) is 0 Å². The number of rotatable bonds is 5. The number of carbonyl (C=O) groups is 2. The van der Waals surface area contributed by atoms with E-state index in [0.29, 0.717) is 36.9 Å². The van der Waals surface area contributed by atoms with Gasteiger partial charge in [0.25, 0.3) is 5.91 Å². The Hall–Kier alpha value is -2.69. The van der Waals surface area contributed by atoms with Crippen molar-refractivity contribution in [3.05, 3.63) is 65.0 Å². The van der Waals surface area contributed by atoms with E-state index in [1.807, 2.05) is 26.0 Å². The van der Waals surface area contributed by atoms with E-state index in [0.717, 1.165) is 11.3 Å². The lowest BCUT2D eigenvalue weighted by Gasteiger charge is -2.32. The molecule has 0 aromatic heterocycles. The Bertz CT molecular complexity index is 846. The zero-order chi connectivity index (χ0) is 18.7. The molecular weight excluding hydrogens is 331 g/mol. The first-order valence-corrected chi connectivity index (χ1v) is 8.83. The summed E-state index contributed by atoms with van der Waals surface area (Å²) in [6.07, 6.45) is 1.64. The summed E-state index contributed by atoms with van der Waals surface area (Å²) in [7, 11) is 0. The zero-order valence-corrected chi connectivity index (χ0v) is 15.1. The summed E-state index contributed by atoms with van der Waals surface area (Å²) in [6, 6.07) is 12.0. The van der Waals surface area contributed by atoms with E-state index in [1.165, 1.54) is 6.07 Å². The molecule has 0 aliphatic carbocycles. The summed E-state index contributed by atoms with van der Waals surface area (Å²) in [5, 5.41) is 5.73. The van der Waals surface area contributed by atoms with E-state index >= 15 is 0 Å². The predicted octanol–water partition coefficient (Wildman–Crippen LogP) is 3.81. The molecule has 2 amide bonds. The molecule has 0 unspecified atom stereocenters. The van der Waals surface area contributed by atoms with Crippen molar-refractivity contribution >= 4 is 17.5 Å². The van der Waals surface area contributed by atoms with E-state index < -0.39 is 0 Å². The van der Waals surface area contributed by atoms with Crippen LogP contribution in [0.1, 0.15) is 48.2 Å². The minimum Gasteiger partial charge on any atom is -0.352 e. The maximum Gasteiger partial charge on any atom is 0.251 e. The molecule has 2 aromatic rings. The van der Waals surface area contributed by atoms with Gasteiger partial charge in [-0.25, -0.2) is 4.39 Å². The first-order chi connectivity index (χ1) is 12.4. The van der Waals surface area contributed by atoms with Crippen molar-refractivity contribution in [3.8, 4) is 0 Å². The van der Waals surface area contributed by atoms with Gasteiger partial charge in [-0.05, 0) is 48.2 Å². The predicted molar refractivity (Wildman–Crippen MR) is 99.8 cm³/mol. The van der Waals surface area contributed by atoms with Gasteiger partial charge in [-0.15, -0.1) is 0 Å². The Kier molecular flexibility index (Phi) is 5.07. The normalized spacial score (nSPS) is 15.1. The number of carbonyl (C=O) groups excluding carboxylic acids is 2. The highest BCUT2D eigenvalue weighted by atomic mass is 19.1. The fourth-order valence-electron chi connectivity index (χ4n) is 3.33. The monoisotopic (exact) mass is 354 g/mol. The van der Waals surface area contributed by atoms with Crippen molar-refractivity contribution < 1.29 is 14.0 Å². The van der Waals surface area contributed by atoms with Gasteiger partial charge < -0.3 is 10.6 Å². The third kappa shape index (κ3) is 3.93. The van der Waals surface area contributed by atoms with Crippen LogP contribution in [-0.4, -0.2) is 18.4 Å². The van der Waals surface area contributed by atoms with Gasteiger partial charge in [0.1, 0.15) is 5.82 Å². The van der Waals surface area contributed by atoms with Crippen LogP contribution in [0.2, 0.25) is 0 Å². The molecular formula is C21H23FN2O2. The van der Waals surface area contributed by atoms with Crippen LogP contribution >= 0.6 is 0 Å². The number of fused-ring (bicyclic) bond motifs is 1. The highest BCUT2D eigenvalue weighted by Gasteiger charge is 2.32. The third-order valence-electron chi connectivity index (χ3n) is 4.75. The average Bonchev–Trinajstić information content (AvgIpc) is 2.59. The minimum atomic E-state index is -0.307. The zero-order valence-electron chi connectivity index (χ0n) is 15.1. The van der Waals surface area contributed by atoms with Crippen LogP contribution in [0, 0.1) is 5.82 Å². The van der Waals surface area contributed by atoms with E-state index in [9.17, 15) is 14.0 Å². The molecule has 2 aromatic carbocycles. The SMILES string of the molecule is CC1(C)CC(=O)Nc2ccc(C(=O)NCCCc3ccccc3F)cc21. The summed E-state index contributed by atoms with van der Waals surface area (Å²) in [5.74, 6) is -0.375. The van der Waals surface area contributed by atoms with Crippen LogP contribution in [0.5, 0.6) is 0 Å². The Morgan fingerprint density at radius 1 is 1.23 bits per heavy atom. The summed E-state index contributed by atoms with van der Waals surface area (Å²) in [6.45, 7) is 4.48. The molecule has 26 heavy (non-hydrogen) atoms. The topological polar surface area (TPSA) is 58.2 Å². The molecule has 0 bridgehead atoms. The fourth-order valence-corrected chi connectivity index (χ4v) is 3.33. The first kappa shape index (κ1) is 18.1. The van der Waals surface area contributed by atoms with Crippen LogP contribution in [0.25, 0.3) is 0 Å². The van der Waals surface area contributed by atoms with Gasteiger partial charge in [0, 0.05) is 29.6 Å².